The summed E-state index contributed by atoms with van der Waals surface area (Å²) < 4.78 is 9.20. The molecule has 2 N–H and O–H groups in total. The van der Waals surface area contributed by atoms with Gasteiger partial charge in [0, 0.05) is 13.2 Å². The van der Waals surface area contributed by atoms with Crippen molar-refractivity contribution in [3.05, 3.63) is 18.0 Å². The van der Waals surface area contributed by atoms with Crippen LogP contribution in [0.25, 0.3) is 0 Å². The molecule has 0 aromatic carbocycles. The first kappa shape index (κ1) is 11.2. The maximum Gasteiger partial charge on any atom is 0.328 e. The van der Waals surface area contributed by atoms with Gasteiger partial charge in [0.05, 0.1) is 12.8 Å². The van der Waals surface area contributed by atoms with E-state index in [9.17, 15) is 9.59 Å². The normalized spacial score (nSPS) is 12.1. The van der Waals surface area contributed by atoms with E-state index in [4.69, 9.17) is 5.11 Å². The molecule has 7 heteroatoms. The van der Waals surface area contributed by atoms with Gasteiger partial charge in [0.1, 0.15) is 0 Å². The van der Waals surface area contributed by atoms with Gasteiger partial charge in [-0.05, 0) is 0 Å². The van der Waals surface area contributed by atoms with Crippen molar-refractivity contribution in [2.75, 3.05) is 13.7 Å². The number of aliphatic carboxylic acids is 1. The number of carbonyl (C=O) groups excluding carboxylic acids is 1. The Morgan fingerprint density at radius 3 is 2.93 bits per heavy atom. The van der Waals surface area contributed by atoms with Crippen molar-refractivity contribution in [3.8, 4) is 0 Å². The third kappa shape index (κ3) is 3.06. The summed E-state index contributed by atoms with van der Waals surface area (Å²) in [6.45, 7) is -0.116. The van der Waals surface area contributed by atoms with Gasteiger partial charge in [-0.25, -0.2) is 4.79 Å². The van der Waals surface area contributed by atoms with Gasteiger partial charge in [-0.15, -0.1) is 0 Å². The van der Waals surface area contributed by atoms with Gasteiger partial charge >= 0.3 is 5.97 Å². The average Bonchev–Trinajstić information content (AvgIpc) is 2.69. The number of rotatable bonds is 5. The van der Waals surface area contributed by atoms with Crippen LogP contribution in [-0.2, 0) is 9.53 Å². The molecule has 0 bridgehead atoms. The first-order valence-electron chi connectivity index (χ1n) is 4.08. The highest BCUT2D eigenvalue weighted by Crippen LogP contribution is 1.97. The second kappa shape index (κ2) is 5.11. The van der Waals surface area contributed by atoms with Crippen LogP contribution < -0.4 is 5.32 Å². The van der Waals surface area contributed by atoms with E-state index in [1.165, 1.54) is 19.4 Å². The van der Waals surface area contributed by atoms with Crippen LogP contribution in [0.15, 0.2) is 16.8 Å². The molecule has 0 saturated carbocycles. The molecule has 1 amide bonds. The topological polar surface area (TPSA) is 102 Å². The first-order chi connectivity index (χ1) is 7.15. The Kier molecular flexibility index (Phi) is 3.81. The lowest BCUT2D eigenvalue weighted by Gasteiger charge is -2.11. The quantitative estimate of drug-likeness (QED) is 0.685. The third-order valence-corrected chi connectivity index (χ3v) is 1.60. The molecule has 0 aliphatic heterocycles. The van der Waals surface area contributed by atoms with Crippen LogP contribution >= 0.6 is 0 Å². The van der Waals surface area contributed by atoms with E-state index in [0.717, 1.165) is 0 Å². The number of carboxylic acids is 1. The highest BCUT2D eigenvalue weighted by atomic mass is 16.5. The van der Waals surface area contributed by atoms with E-state index >= 15 is 0 Å². The molecular formula is C8H10N2O5. The molecule has 1 heterocycles. The van der Waals surface area contributed by atoms with E-state index in [1.54, 1.807) is 0 Å². The molecule has 1 atom stereocenters. The van der Waals surface area contributed by atoms with E-state index in [0.29, 0.717) is 0 Å². The Balaban J connectivity index is 2.59. The standard InChI is InChI=1S/C8H10N2O5/c1-14-4-5(8(12)13)10-7(11)6-2-3-9-15-6/h2-3,5H,4H2,1H3,(H,10,11)(H,12,13). The monoisotopic (exact) mass is 214 g/mol. The second-order valence-electron chi connectivity index (χ2n) is 2.70. The number of ether oxygens (including phenoxy) is 1. The summed E-state index contributed by atoms with van der Waals surface area (Å²) in [5.74, 6) is -1.86. The summed E-state index contributed by atoms with van der Waals surface area (Å²) in [6.07, 6.45) is 1.29. The molecular weight excluding hydrogens is 204 g/mol. The number of aromatic nitrogens is 1. The molecule has 0 spiro atoms. The summed E-state index contributed by atoms with van der Waals surface area (Å²) in [5, 5.41) is 14.3. The zero-order valence-corrected chi connectivity index (χ0v) is 7.97. The Bertz CT molecular complexity index is 335. The van der Waals surface area contributed by atoms with Gasteiger partial charge < -0.3 is 19.7 Å². The summed E-state index contributed by atoms with van der Waals surface area (Å²) in [6, 6.07) is 0.230. The summed E-state index contributed by atoms with van der Waals surface area (Å²) in [4.78, 5) is 22.0. The van der Waals surface area contributed by atoms with Crippen LogP contribution in [0, 0.1) is 0 Å². The molecule has 1 unspecified atom stereocenters. The number of methoxy groups -OCH3 is 1. The fourth-order valence-corrected chi connectivity index (χ4v) is 0.904. The molecule has 82 valence electrons. The van der Waals surface area contributed by atoms with E-state index in [2.05, 4.69) is 19.7 Å². The number of carbonyl (C=O) groups is 2. The number of nitrogens with one attached hydrogen (secondary N) is 1. The fraction of sp³-hybridized carbons (Fsp3) is 0.375. The fourth-order valence-electron chi connectivity index (χ4n) is 0.904. The lowest BCUT2D eigenvalue weighted by Crippen LogP contribution is -2.43. The predicted molar refractivity (Wildman–Crippen MR) is 47.3 cm³/mol. The average molecular weight is 214 g/mol. The van der Waals surface area contributed by atoms with Crippen molar-refractivity contribution in [3.63, 3.8) is 0 Å². The molecule has 15 heavy (non-hydrogen) atoms. The molecule has 0 fully saturated rings. The highest BCUT2D eigenvalue weighted by molar-refractivity contribution is 5.94. The molecule has 1 aromatic heterocycles. The molecule has 0 saturated heterocycles. The maximum absolute atomic E-state index is 11.3. The highest BCUT2D eigenvalue weighted by Gasteiger charge is 2.21. The maximum atomic E-state index is 11.3. The molecule has 1 rings (SSSR count). The number of nitrogens with zero attached hydrogens (tertiary/aromatic N) is 1. The van der Waals surface area contributed by atoms with Gasteiger partial charge in [-0.2, -0.15) is 0 Å². The molecule has 7 nitrogen and oxygen atoms in total. The summed E-state index contributed by atoms with van der Waals surface area (Å²) in [5.41, 5.74) is 0. The van der Waals surface area contributed by atoms with Crippen molar-refractivity contribution >= 4 is 11.9 Å². The van der Waals surface area contributed by atoms with E-state index in [1.807, 2.05) is 0 Å². The Labute approximate surface area is 85.0 Å². The summed E-state index contributed by atoms with van der Waals surface area (Å²) in [7, 11) is 1.34. The summed E-state index contributed by atoms with van der Waals surface area (Å²) >= 11 is 0. The van der Waals surface area contributed by atoms with Gasteiger partial charge in [0.15, 0.2) is 6.04 Å². The van der Waals surface area contributed by atoms with Crippen LogP contribution in [0.5, 0.6) is 0 Å². The first-order valence-corrected chi connectivity index (χ1v) is 4.08. The second-order valence-corrected chi connectivity index (χ2v) is 2.70. The van der Waals surface area contributed by atoms with E-state index in [-0.39, 0.29) is 12.4 Å². The minimum atomic E-state index is -1.18. The van der Waals surface area contributed by atoms with Gasteiger partial charge in [0.2, 0.25) is 5.76 Å². The van der Waals surface area contributed by atoms with Crippen LogP contribution in [0.2, 0.25) is 0 Å². The molecule has 0 radical (unpaired) electrons. The van der Waals surface area contributed by atoms with Crippen LogP contribution in [0.4, 0.5) is 0 Å². The number of hydrogen-bond acceptors (Lipinski definition) is 5. The Morgan fingerprint density at radius 2 is 2.47 bits per heavy atom. The Morgan fingerprint density at radius 1 is 1.73 bits per heavy atom. The number of amides is 1. The van der Waals surface area contributed by atoms with Crippen LogP contribution in [0.1, 0.15) is 10.6 Å². The van der Waals surface area contributed by atoms with Crippen molar-refractivity contribution in [2.24, 2.45) is 0 Å². The van der Waals surface area contributed by atoms with Crippen molar-refractivity contribution in [1.82, 2.24) is 10.5 Å². The lowest BCUT2D eigenvalue weighted by molar-refractivity contribution is -0.140. The zero-order valence-electron chi connectivity index (χ0n) is 7.97. The molecule has 0 aliphatic rings. The molecule has 0 aliphatic carbocycles. The number of carboxylic acid groups (broad SMARTS) is 1. The van der Waals surface area contributed by atoms with Crippen molar-refractivity contribution in [1.29, 1.82) is 0 Å². The van der Waals surface area contributed by atoms with Gasteiger partial charge in [0.25, 0.3) is 5.91 Å². The Hall–Kier alpha value is -1.89. The minimum absolute atomic E-state index is 0.0441. The number of hydrogen-bond donors (Lipinski definition) is 2. The van der Waals surface area contributed by atoms with E-state index < -0.39 is 17.9 Å². The SMILES string of the molecule is COCC(NC(=O)c1ccno1)C(=O)O. The predicted octanol–water partition coefficient (Wildman–Crippen LogP) is -0.496. The van der Waals surface area contributed by atoms with Gasteiger partial charge in [-0.3, -0.25) is 4.79 Å². The van der Waals surface area contributed by atoms with Crippen molar-refractivity contribution < 1.29 is 24.0 Å². The molecule has 1 aromatic rings. The smallest absolute Gasteiger partial charge is 0.328 e. The largest absolute Gasteiger partial charge is 0.480 e. The van der Waals surface area contributed by atoms with Gasteiger partial charge in [-0.1, -0.05) is 5.16 Å². The van der Waals surface area contributed by atoms with Crippen LogP contribution in [0.3, 0.4) is 0 Å². The third-order valence-electron chi connectivity index (χ3n) is 1.60. The zero-order chi connectivity index (χ0) is 11.3. The van der Waals surface area contributed by atoms with Crippen molar-refractivity contribution in [2.45, 2.75) is 6.04 Å². The van der Waals surface area contributed by atoms with Crippen LogP contribution in [-0.4, -0.2) is 41.9 Å². The minimum Gasteiger partial charge on any atom is -0.480 e. The lowest BCUT2D eigenvalue weighted by atomic mass is 10.3.